The third kappa shape index (κ3) is 5.95. The van der Waals surface area contributed by atoms with Gasteiger partial charge in [-0.05, 0) is 51.9 Å². The van der Waals surface area contributed by atoms with Crippen molar-refractivity contribution in [2.45, 2.75) is 32.1 Å². The lowest BCUT2D eigenvalue weighted by Crippen LogP contribution is -2.27. The molecule has 0 saturated carbocycles. The Morgan fingerprint density at radius 3 is 2.73 bits per heavy atom. The average Bonchev–Trinajstić information content (AvgIpc) is 2.26. The van der Waals surface area contributed by atoms with Gasteiger partial charge in [0.1, 0.15) is 0 Å². The second-order valence-corrected chi connectivity index (χ2v) is 4.74. The topological polar surface area (TPSA) is 15.3 Å². The van der Waals surface area contributed by atoms with Crippen LogP contribution in [0.4, 0.5) is 0 Å². The monoisotopic (exact) mass is 210 g/mol. The van der Waals surface area contributed by atoms with Crippen molar-refractivity contribution in [3.8, 4) is 0 Å². The summed E-state index contributed by atoms with van der Waals surface area (Å²) >= 11 is 0. The van der Waals surface area contributed by atoms with Crippen LogP contribution in [-0.4, -0.2) is 38.1 Å². The van der Waals surface area contributed by atoms with Gasteiger partial charge in [-0.1, -0.05) is 18.9 Å². The van der Waals surface area contributed by atoms with Gasteiger partial charge in [-0.25, -0.2) is 0 Å². The van der Waals surface area contributed by atoms with Gasteiger partial charge in [0.25, 0.3) is 0 Å². The molecule has 0 aliphatic carbocycles. The summed E-state index contributed by atoms with van der Waals surface area (Å²) in [5.74, 6) is 0.996. The summed E-state index contributed by atoms with van der Waals surface area (Å²) in [5.41, 5.74) is 0. The SMILES string of the molecule is C=CCN(C)CCCCC1CCNCC1. The highest BCUT2D eigenvalue weighted by Gasteiger charge is 2.11. The van der Waals surface area contributed by atoms with Crippen LogP contribution in [0.5, 0.6) is 0 Å². The van der Waals surface area contributed by atoms with Gasteiger partial charge in [0.05, 0.1) is 0 Å². The van der Waals surface area contributed by atoms with Gasteiger partial charge in [0.2, 0.25) is 0 Å². The molecule has 0 atom stereocenters. The van der Waals surface area contributed by atoms with E-state index in [0.29, 0.717) is 0 Å². The second-order valence-electron chi connectivity index (χ2n) is 4.74. The Bertz CT molecular complexity index is 162. The van der Waals surface area contributed by atoms with Crippen LogP contribution < -0.4 is 5.32 Å². The van der Waals surface area contributed by atoms with Gasteiger partial charge in [0, 0.05) is 6.54 Å². The molecule has 0 aromatic rings. The van der Waals surface area contributed by atoms with E-state index < -0.39 is 0 Å². The van der Waals surface area contributed by atoms with E-state index in [-0.39, 0.29) is 0 Å². The Labute approximate surface area is 94.7 Å². The van der Waals surface area contributed by atoms with Crippen LogP contribution in [-0.2, 0) is 0 Å². The van der Waals surface area contributed by atoms with E-state index in [1.807, 2.05) is 6.08 Å². The Hall–Kier alpha value is -0.340. The van der Waals surface area contributed by atoms with Crippen molar-refractivity contribution in [3.05, 3.63) is 12.7 Å². The molecule has 2 heteroatoms. The second kappa shape index (κ2) is 7.89. The van der Waals surface area contributed by atoms with Gasteiger partial charge in [-0.2, -0.15) is 0 Å². The van der Waals surface area contributed by atoms with Crippen molar-refractivity contribution < 1.29 is 0 Å². The molecule has 1 fully saturated rings. The van der Waals surface area contributed by atoms with Crippen molar-refractivity contribution >= 4 is 0 Å². The van der Waals surface area contributed by atoms with E-state index in [1.165, 1.54) is 51.7 Å². The fourth-order valence-corrected chi connectivity index (χ4v) is 2.30. The smallest absolute Gasteiger partial charge is 0.0157 e. The van der Waals surface area contributed by atoms with Crippen LogP contribution in [0.25, 0.3) is 0 Å². The standard InChI is InChI=1S/C13H26N2/c1-3-11-15(2)12-5-4-6-13-7-9-14-10-8-13/h3,13-14H,1,4-12H2,2H3. The lowest BCUT2D eigenvalue weighted by atomic mass is 9.92. The van der Waals surface area contributed by atoms with Crippen molar-refractivity contribution in [2.24, 2.45) is 5.92 Å². The van der Waals surface area contributed by atoms with Crippen LogP contribution in [0.2, 0.25) is 0 Å². The minimum absolute atomic E-state index is 0.996. The van der Waals surface area contributed by atoms with Crippen molar-refractivity contribution in [1.82, 2.24) is 10.2 Å². The van der Waals surface area contributed by atoms with E-state index in [9.17, 15) is 0 Å². The lowest BCUT2D eigenvalue weighted by molar-refractivity contribution is 0.319. The number of unbranched alkanes of at least 4 members (excludes halogenated alkanes) is 1. The highest BCUT2D eigenvalue weighted by Crippen LogP contribution is 2.18. The van der Waals surface area contributed by atoms with Crippen LogP contribution in [0.15, 0.2) is 12.7 Å². The van der Waals surface area contributed by atoms with Crippen molar-refractivity contribution in [2.75, 3.05) is 33.2 Å². The van der Waals surface area contributed by atoms with Crippen LogP contribution in [0.1, 0.15) is 32.1 Å². The third-order valence-corrected chi connectivity index (χ3v) is 3.30. The minimum Gasteiger partial charge on any atom is -0.317 e. The van der Waals surface area contributed by atoms with Gasteiger partial charge in [0.15, 0.2) is 0 Å². The Morgan fingerprint density at radius 2 is 2.07 bits per heavy atom. The summed E-state index contributed by atoms with van der Waals surface area (Å²) in [6.07, 6.45) is 8.93. The first-order chi connectivity index (χ1) is 7.33. The number of nitrogens with one attached hydrogen (secondary N) is 1. The van der Waals surface area contributed by atoms with Crippen LogP contribution in [0.3, 0.4) is 0 Å². The largest absolute Gasteiger partial charge is 0.317 e. The summed E-state index contributed by atoms with van der Waals surface area (Å²) in [6, 6.07) is 0. The van der Waals surface area contributed by atoms with E-state index in [1.54, 1.807) is 0 Å². The zero-order valence-corrected chi connectivity index (χ0v) is 10.2. The molecule has 1 N–H and O–H groups in total. The first-order valence-electron chi connectivity index (χ1n) is 6.33. The zero-order valence-electron chi connectivity index (χ0n) is 10.2. The van der Waals surface area contributed by atoms with E-state index in [0.717, 1.165) is 12.5 Å². The number of likely N-dealkylation sites (N-methyl/N-ethyl adjacent to an activating group) is 1. The summed E-state index contributed by atoms with van der Waals surface area (Å²) < 4.78 is 0. The fourth-order valence-electron chi connectivity index (χ4n) is 2.30. The number of rotatable bonds is 7. The lowest BCUT2D eigenvalue weighted by Gasteiger charge is -2.22. The van der Waals surface area contributed by atoms with Gasteiger partial charge >= 0.3 is 0 Å². The predicted octanol–water partition coefficient (Wildman–Crippen LogP) is 2.27. The van der Waals surface area contributed by atoms with Crippen molar-refractivity contribution in [1.29, 1.82) is 0 Å². The molecule has 0 amide bonds. The molecule has 1 aliphatic heterocycles. The number of piperidine rings is 1. The first kappa shape index (κ1) is 12.7. The molecule has 15 heavy (non-hydrogen) atoms. The Kier molecular flexibility index (Phi) is 6.69. The maximum Gasteiger partial charge on any atom is 0.0157 e. The molecule has 1 aliphatic rings. The maximum absolute atomic E-state index is 3.75. The molecule has 0 bridgehead atoms. The summed E-state index contributed by atoms with van der Waals surface area (Å²) in [6.45, 7) is 8.47. The number of nitrogens with zero attached hydrogens (tertiary/aromatic N) is 1. The van der Waals surface area contributed by atoms with E-state index in [2.05, 4.69) is 23.8 Å². The fraction of sp³-hybridized carbons (Fsp3) is 0.846. The Balaban J connectivity index is 1.93. The molecule has 88 valence electrons. The quantitative estimate of drug-likeness (QED) is 0.512. The third-order valence-electron chi connectivity index (χ3n) is 3.30. The molecule has 2 nitrogen and oxygen atoms in total. The first-order valence-corrected chi connectivity index (χ1v) is 6.33. The molecule has 0 radical (unpaired) electrons. The predicted molar refractivity (Wildman–Crippen MR) is 67.1 cm³/mol. The Morgan fingerprint density at radius 1 is 1.33 bits per heavy atom. The normalized spacial score (nSPS) is 18.3. The van der Waals surface area contributed by atoms with Gasteiger partial charge in [-0.15, -0.1) is 6.58 Å². The molecule has 0 aromatic heterocycles. The molecule has 0 spiro atoms. The zero-order chi connectivity index (χ0) is 10.9. The van der Waals surface area contributed by atoms with E-state index >= 15 is 0 Å². The molecule has 1 heterocycles. The van der Waals surface area contributed by atoms with Crippen LogP contribution in [0, 0.1) is 5.92 Å². The maximum atomic E-state index is 3.75. The molecular formula is C13H26N2. The minimum atomic E-state index is 0.996. The summed E-state index contributed by atoms with van der Waals surface area (Å²) in [4.78, 5) is 2.34. The van der Waals surface area contributed by atoms with Gasteiger partial charge < -0.3 is 10.2 Å². The van der Waals surface area contributed by atoms with Gasteiger partial charge in [-0.3, -0.25) is 0 Å². The number of hydrogen-bond acceptors (Lipinski definition) is 2. The highest BCUT2D eigenvalue weighted by molar-refractivity contribution is 4.72. The van der Waals surface area contributed by atoms with E-state index in [4.69, 9.17) is 0 Å². The average molecular weight is 210 g/mol. The molecule has 0 unspecified atom stereocenters. The highest BCUT2D eigenvalue weighted by atomic mass is 15.1. The molecular weight excluding hydrogens is 184 g/mol. The molecule has 1 rings (SSSR count). The van der Waals surface area contributed by atoms with Crippen molar-refractivity contribution in [3.63, 3.8) is 0 Å². The molecule has 0 aromatic carbocycles. The summed E-state index contributed by atoms with van der Waals surface area (Å²) in [7, 11) is 2.17. The molecule has 1 saturated heterocycles. The summed E-state index contributed by atoms with van der Waals surface area (Å²) in [5, 5.41) is 3.42. The number of hydrogen-bond donors (Lipinski definition) is 1. The van der Waals surface area contributed by atoms with Crippen LogP contribution >= 0.6 is 0 Å².